The fourth-order valence-corrected chi connectivity index (χ4v) is 3.98. The molecular formula is C16H18INS. The van der Waals surface area contributed by atoms with Crippen LogP contribution in [-0.4, -0.2) is 6.54 Å². The van der Waals surface area contributed by atoms with Crippen molar-refractivity contribution in [2.24, 2.45) is 5.92 Å². The van der Waals surface area contributed by atoms with Gasteiger partial charge in [-0.2, -0.15) is 0 Å². The zero-order valence-electron chi connectivity index (χ0n) is 11.0. The third kappa shape index (κ3) is 3.20. The zero-order chi connectivity index (χ0) is 13.2. The van der Waals surface area contributed by atoms with Gasteiger partial charge >= 0.3 is 0 Å². The molecule has 0 radical (unpaired) electrons. The van der Waals surface area contributed by atoms with Crippen molar-refractivity contribution >= 4 is 33.9 Å². The van der Waals surface area contributed by atoms with Gasteiger partial charge in [-0.3, -0.25) is 0 Å². The molecular weight excluding hydrogens is 365 g/mol. The van der Waals surface area contributed by atoms with Crippen LogP contribution in [-0.2, 0) is 0 Å². The van der Waals surface area contributed by atoms with Crippen LogP contribution in [0.1, 0.15) is 30.7 Å². The van der Waals surface area contributed by atoms with Gasteiger partial charge in [0.1, 0.15) is 0 Å². The minimum absolute atomic E-state index is 0.576. The maximum atomic E-state index is 3.64. The predicted molar refractivity (Wildman–Crippen MR) is 91.6 cm³/mol. The second kappa shape index (κ2) is 5.94. The average Bonchev–Trinajstić information content (AvgIpc) is 3.14. The summed E-state index contributed by atoms with van der Waals surface area (Å²) in [6, 6.07) is 14.0. The number of rotatable bonds is 5. The van der Waals surface area contributed by atoms with Crippen LogP contribution in [0.4, 0.5) is 0 Å². The first-order valence-electron chi connectivity index (χ1n) is 6.87. The molecule has 1 atom stereocenters. The number of hydrogen-bond acceptors (Lipinski definition) is 2. The number of nitrogens with one attached hydrogen (secondary N) is 1. The van der Waals surface area contributed by atoms with Crippen LogP contribution in [0.2, 0.25) is 0 Å². The standard InChI is InChI=1S/C16H18INS/c1-2-18-16(12-3-4-12)15-10-9-14(19-15)11-5-7-13(17)8-6-11/h5-10,12,16,18H,2-4H2,1H3. The third-order valence-electron chi connectivity index (χ3n) is 3.58. The van der Waals surface area contributed by atoms with Crippen molar-refractivity contribution in [3.63, 3.8) is 0 Å². The number of halogens is 1. The molecule has 0 amide bonds. The summed E-state index contributed by atoms with van der Waals surface area (Å²) in [6.45, 7) is 3.25. The molecule has 1 heterocycles. The smallest absolute Gasteiger partial charge is 0.0443 e. The summed E-state index contributed by atoms with van der Waals surface area (Å²) >= 11 is 4.30. The van der Waals surface area contributed by atoms with Gasteiger partial charge in [-0.15, -0.1) is 11.3 Å². The van der Waals surface area contributed by atoms with Crippen LogP contribution in [0.5, 0.6) is 0 Å². The summed E-state index contributed by atoms with van der Waals surface area (Å²) in [6.07, 6.45) is 2.77. The van der Waals surface area contributed by atoms with Crippen LogP contribution in [0.15, 0.2) is 36.4 Å². The lowest BCUT2D eigenvalue weighted by atomic mass is 10.1. The molecule has 3 heteroatoms. The monoisotopic (exact) mass is 383 g/mol. The first-order chi connectivity index (χ1) is 9.28. The predicted octanol–water partition coefficient (Wildman–Crippen LogP) is 5.08. The highest BCUT2D eigenvalue weighted by molar-refractivity contribution is 14.1. The third-order valence-corrected chi connectivity index (χ3v) is 5.52. The van der Waals surface area contributed by atoms with Crippen molar-refractivity contribution < 1.29 is 0 Å². The zero-order valence-corrected chi connectivity index (χ0v) is 14.0. The lowest BCUT2D eigenvalue weighted by Crippen LogP contribution is -2.21. The first-order valence-corrected chi connectivity index (χ1v) is 8.76. The van der Waals surface area contributed by atoms with E-state index in [0.717, 1.165) is 12.5 Å². The Morgan fingerprint density at radius 1 is 1.21 bits per heavy atom. The van der Waals surface area contributed by atoms with Gasteiger partial charge in [0.15, 0.2) is 0 Å². The molecule has 1 saturated carbocycles. The highest BCUT2D eigenvalue weighted by Crippen LogP contribution is 2.44. The molecule has 0 spiro atoms. The minimum atomic E-state index is 0.576. The van der Waals surface area contributed by atoms with E-state index in [1.54, 1.807) is 0 Å². The van der Waals surface area contributed by atoms with E-state index in [1.807, 2.05) is 11.3 Å². The lowest BCUT2D eigenvalue weighted by Gasteiger charge is -2.15. The van der Waals surface area contributed by atoms with Crippen molar-refractivity contribution in [3.05, 3.63) is 44.8 Å². The largest absolute Gasteiger partial charge is 0.309 e. The summed E-state index contributed by atoms with van der Waals surface area (Å²) in [4.78, 5) is 2.88. The van der Waals surface area contributed by atoms with Gasteiger partial charge in [-0.1, -0.05) is 19.1 Å². The van der Waals surface area contributed by atoms with E-state index in [9.17, 15) is 0 Å². The number of benzene rings is 1. The molecule has 1 N–H and O–H groups in total. The fourth-order valence-electron chi connectivity index (χ4n) is 2.44. The summed E-state index contributed by atoms with van der Waals surface area (Å²) in [5, 5.41) is 3.64. The van der Waals surface area contributed by atoms with Crippen molar-refractivity contribution in [3.8, 4) is 10.4 Å². The Labute approximate surface area is 132 Å². The van der Waals surface area contributed by atoms with Crippen LogP contribution < -0.4 is 5.32 Å². The second-order valence-electron chi connectivity index (χ2n) is 5.08. The molecule has 1 unspecified atom stereocenters. The van der Waals surface area contributed by atoms with Gasteiger partial charge in [-0.25, -0.2) is 0 Å². The Hall–Kier alpha value is -0.390. The van der Waals surface area contributed by atoms with Crippen molar-refractivity contribution in [2.45, 2.75) is 25.8 Å². The SMILES string of the molecule is CCNC(c1ccc(-c2ccc(I)cc2)s1)C1CC1. The highest BCUT2D eigenvalue weighted by atomic mass is 127. The molecule has 0 bridgehead atoms. The van der Waals surface area contributed by atoms with Crippen molar-refractivity contribution in [1.29, 1.82) is 0 Å². The Bertz CT molecular complexity index is 542. The van der Waals surface area contributed by atoms with Gasteiger partial charge < -0.3 is 5.32 Å². The Morgan fingerprint density at radius 3 is 2.58 bits per heavy atom. The molecule has 1 aromatic heterocycles. The molecule has 2 aromatic rings. The summed E-state index contributed by atoms with van der Waals surface area (Å²) < 4.78 is 1.29. The van der Waals surface area contributed by atoms with Crippen LogP contribution in [0.25, 0.3) is 10.4 Å². The van der Waals surface area contributed by atoms with Crippen molar-refractivity contribution in [1.82, 2.24) is 5.32 Å². The van der Waals surface area contributed by atoms with Gasteiger partial charge in [0.2, 0.25) is 0 Å². The van der Waals surface area contributed by atoms with E-state index in [2.05, 4.69) is 71.2 Å². The van der Waals surface area contributed by atoms with Crippen molar-refractivity contribution in [2.75, 3.05) is 6.54 Å². The van der Waals surface area contributed by atoms with Gasteiger partial charge in [0.05, 0.1) is 0 Å². The van der Waals surface area contributed by atoms with Crippen LogP contribution in [0, 0.1) is 9.49 Å². The lowest BCUT2D eigenvalue weighted by molar-refractivity contribution is 0.504. The van der Waals surface area contributed by atoms with Crippen LogP contribution in [0.3, 0.4) is 0 Å². The minimum Gasteiger partial charge on any atom is -0.309 e. The Balaban J connectivity index is 1.83. The molecule has 0 aliphatic heterocycles. The summed E-state index contributed by atoms with van der Waals surface area (Å²) in [5.74, 6) is 0.864. The normalized spacial score (nSPS) is 16.5. The maximum Gasteiger partial charge on any atom is 0.0443 e. The molecule has 19 heavy (non-hydrogen) atoms. The van der Waals surface area contributed by atoms with E-state index in [1.165, 1.54) is 31.7 Å². The quantitative estimate of drug-likeness (QED) is 0.710. The Morgan fingerprint density at radius 2 is 1.95 bits per heavy atom. The summed E-state index contributed by atoms with van der Waals surface area (Å²) in [7, 11) is 0. The number of hydrogen-bond donors (Lipinski definition) is 1. The fraction of sp³-hybridized carbons (Fsp3) is 0.375. The molecule has 1 aromatic carbocycles. The topological polar surface area (TPSA) is 12.0 Å². The number of thiophene rings is 1. The molecule has 3 rings (SSSR count). The molecule has 100 valence electrons. The average molecular weight is 383 g/mol. The maximum absolute atomic E-state index is 3.64. The van der Waals surface area contributed by atoms with E-state index in [-0.39, 0.29) is 0 Å². The summed E-state index contributed by atoms with van der Waals surface area (Å²) in [5.41, 5.74) is 1.34. The van der Waals surface area contributed by atoms with E-state index in [4.69, 9.17) is 0 Å². The van der Waals surface area contributed by atoms with Gasteiger partial charge in [0.25, 0.3) is 0 Å². The second-order valence-corrected chi connectivity index (χ2v) is 7.44. The molecule has 1 nitrogen and oxygen atoms in total. The van der Waals surface area contributed by atoms with E-state index < -0.39 is 0 Å². The Kier molecular flexibility index (Phi) is 4.24. The first kappa shape index (κ1) is 13.6. The van der Waals surface area contributed by atoms with Gasteiger partial charge in [0, 0.05) is 19.4 Å². The van der Waals surface area contributed by atoms with Crippen LogP contribution >= 0.6 is 33.9 Å². The molecule has 1 aliphatic carbocycles. The van der Waals surface area contributed by atoms with E-state index >= 15 is 0 Å². The van der Waals surface area contributed by atoms with Gasteiger partial charge in [-0.05, 0) is 77.7 Å². The highest BCUT2D eigenvalue weighted by Gasteiger charge is 2.32. The molecule has 0 saturated heterocycles. The van der Waals surface area contributed by atoms with E-state index in [0.29, 0.717) is 6.04 Å². The molecule has 1 fully saturated rings. The molecule has 1 aliphatic rings.